The first-order chi connectivity index (χ1) is 9.79. The summed E-state index contributed by atoms with van der Waals surface area (Å²) in [6.45, 7) is 5.93. The van der Waals surface area contributed by atoms with Gasteiger partial charge in [-0.25, -0.2) is 0 Å². The molecule has 3 N–H and O–H groups in total. The Labute approximate surface area is 134 Å². The van der Waals surface area contributed by atoms with Crippen LogP contribution in [-0.4, -0.2) is 18.2 Å². The number of allylic oxidation sites excluding steroid dienone is 2. The summed E-state index contributed by atoms with van der Waals surface area (Å²) in [5.41, 5.74) is 11.0. The number of halogens is 1. The number of benzene rings is 1. The van der Waals surface area contributed by atoms with Crippen molar-refractivity contribution in [3.8, 4) is 5.75 Å². The van der Waals surface area contributed by atoms with E-state index in [1.807, 2.05) is 26.8 Å². The summed E-state index contributed by atoms with van der Waals surface area (Å²) >= 11 is 3.52. The molecule has 5 heteroatoms. The Morgan fingerprint density at radius 1 is 1.33 bits per heavy atom. The van der Waals surface area contributed by atoms with Gasteiger partial charge in [0.05, 0.1) is 12.8 Å². The number of rotatable bonds is 6. The number of carboxylic acids is 1. The largest absolute Gasteiger partial charge is 0.496 e. The van der Waals surface area contributed by atoms with E-state index in [1.165, 1.54) is 0 Å². The van der Waals surface area contributed by atoms with E-state index in [0.717, 1.165) is 32.5 Å². The lowest BCUT2D eigenvalue weighted by Crippen LogP contribution is -2.04. The molecule has 0 aromatic heterocycles. The van der Waals surface area contributed by atoms with Gasteiger partial charge in [0.15, 0.2) is 0 Å². The van der Waals surface area contributed by atoms with Crippen molar-refractivity contribution in [2.75, 3.05) is 12.8 Å². The van der Waals surface area contributed by atoms with Crippen molar-refractivity contribution < 1.29 is 14.6 Å². The topological polar surface area (TPSA) is 72.5 Å². The van der Waals surface area contributed by atoms with E-state index < -0.39 is 5.97 Å². The molecule has 0 bridgehead atoms. The molecule has 0 radical (unpaired) electrons. The van der Waals surface area contributed by atoms with E-state index in [0.29, 0.717) is 18.5 Å². The Kier molecular flexibility index (Phi) is 6.27. The van der Waals surface area contributed by atoms with E-state index in [9.17, 15) is 4.79 Å². The first kappa shape index (κ1) is 17.6. The molecule has 21 heavy (non-hydrogen) atoms. The van der Waals surface area contributed by atoms with Gasteiger partial charge < -0.3 is 15.6 Å². The summed E-state index contributed by atoms with van der Waals surface area (Å²) in [6.07, 6.45) is 3.33. The van der Waals surface area contributed by atoms with Crippen molar-refractivity contribution in [1.29, 1.82) is 0 Å². The molecule has 0 atom stereocenters. The van der Waals surface area contributed by atoms with Crippen LogP contribution in [0, 0.1) is 13.8 Å². The lowest BCUT2D eigenvalue weighted by Gasteiger charge is -2.18. The standard InChI is InChI=1S/C16H22BrNO3/c1-9(6-8-13(19)20)5-7-12-15(18)14(17)10(2)11(3)16(12)21-4/h5H,6-8,18H2,1-4H3,(H,19,20)/b9-5+. The third-order valence-electron chi connectivity index (χ3n) is 3.66. The Morgan fingerprint density at radius 3 is 2.48 bits per heavy atom. The zero-order chi connectivity index (χ0) is 16.2. The normalized spacial score (nSPS) is 11.6. The highest BCUT2D eigenvalue weighted by Crippen LogP contribution is 2.38. The first-order valence-corrected chi connectivity index (χ1v) is 7.57. The third kappa shape index (κ3) is 4.24. The molecule has 0 aliphatic rings. The highest BCUT2D eigenvalue weighted by atomic mass is 79.9. The minimum atomic E-state index is -0.784. The van der Waals surface area contributed by atoms with Crippen molar-refractivity contribution in [3.05, 3.63) is 32.8 Å². The second-order valence-electron chi connectivity index (χ2n) is 5.14. The molecular formula is C16H22BrNO3. The van der Waals surface area contributed by atoms with Gasteiger partial charge in [0, 0.05) is 16.5 Å². The van der Waals surface area contributed by atoms with E-state index in [-0.39, 0.29) is 6.42 Å². The number of nitrogen functional groups attached to an aromatic ring is 1. The number of methoxy groups -OCH3 is 1. The van der Waals surface area contributed by atoms with Gasteiger partial charge in [0.2, 0.25) is 0 Å². The Bertz CT molecular complexity index is 580. The van der Waals surface area contributed by atoms with E-state index in [2.05, 4.69) is 15.9 Å². The van der Waals surface area contributed by atoms with Crippen LogP contribution in [0.3, 0.4) is 0 Å². The van der Waals surface area contributed by atoms with Crippen molar-refractivity contribution in [2.45, 2.75) is 40.0 Å². The van der Waals surface area contributed by atoms with Gasteiger partial charge in [0.1, 0.15) is 5.75 Å². The maximum atomic E-state index is 10.6. The number of carbonyl (C=O) groups is 1. The number of hydrogen-bond donors (Lipinski definition) is 2. The average Bonchev–Trinajstić information content (AvgIpc) is 2.45. The second kappa shape index (κ2) is 7.50. The van der Waals surface area contributed by atoms with E-state index in [1.54, 1.807) is 7.11 Å². The number of anilines is 1. The van der Waals surface area contributed by atoms with Crippen molar-refractivity contribution in [3.63, 3.8) is 0 Å². The average molecular weight is 356 g/mol. The van der Waals surface area contributed by atoms with Gasteiger partial charge in [-0.2, -0.15) is 0 Å². The van der Waals surface area contributed by atoms with Crippen LogP contribution in [0.4, 0.5) is 5.69 Å². The Hall–Kier alpha value is -1.49. The molecule has 0 aliphatic carbocycles. The molecule has 0 heterocycles. The lowest BCUT2D eigenvalue weighted by atomic mass is 9.98. The summed E-state index contributed by atoms with van der Waals surface area (Å²) in [4.78, 5) is 10.6. The molecule has 0 fully saturated rings. The monoisotopic (exact) mass is 355 g/mol. The molecular weight excluding hydrogens is 334 g/mol. The molecule has 0 amide bonds. The van der Waals surface area contributed by atoms with Crippen LogP contribution < -0.4 is 10.5 Å². The van der Waals surface area contributed by atoms with Gasteiger partial charge in [0.25, 0.3) is 0 Å². The molecule has 1 aromatic rings. The van der Waals surface area contributed by atoms with Crippen LogP contribution >= 0.6 is 15.9 Å². The van der Waals surface area contributed by atoms with Crippen molar-refractivity contribution in [2.24, 2.45) is 0 Å². The number of nitrogens with two attached hydrogens (primary N) is 1. The van der Waals surface area contributed by atoms with Crippen LogP contribution in [0.5, 0.6) is 5.75 Å². The molecule has 1 rings (SSSR count). The summed E-state index contributed by atoms with van der Waals surface area (Å²) in [5.74, 6) is 0.0178. The SMILES string of the molecule is COc1c(C)c(C)c(Br)c(N)c1C/C=C(\C)CCC(=O)O. The van der Waals surface area contributed by atoms with Crippen LogP contribution in [0.15, 0.2) is 16.1 Å². The Balaban J connectivity index is 3.08. The fourth-order valence-corrected chi connectivity index (χ4v) is 2.72. The number of ether oxygens (including phenoxy) is 1. The van der Waals surface area contributed by atoms with Gasteiger partial charge in [-0.15, -0.1) is 0 Å². The van der Waals surface area contributed by atoms with E-state index >= 15 is 0 Å². The zero-order valence-corrected chi connectivity index (χ0v) is 14.5. The second-order valence-corrected chi connectivity index (χ2v) is 5.93. The maximum absolute atomic E-state index is 10.6. The number of hydrogen-bond acceptors (Lipinski definition) is 3. The van der Waals surface area contributed by atoms with Crippen LogP contribution in [0.25, 0.3) is 0 Å². The minimum Gasteiger partial charge on any atom is -0.496 e. The van der Waals surface area contributed by atoms with Crippen molar-refractivity contribution in [1.82, 2.24) is 0 Å². The molecule has 0 saturated heterocycles. The predicted octanol–water partition coefficient (Wildman–Crippen LogP) is 4.01. The molecule has 116 valence electrons. The quantitative estimate of drug-likeness (QED) is 0.597. The van der Waals surface area contributed by atoms with Gasteiger partial charge in [-0.3, -0.25) is 4.79 Å². The fourth-order valence-electron chi connectivity index (χ4n) is 2.18. The summed E-state index contributed by atoms with van der Waals surface area (Å²) in [7, 11) is 1.64. The number of aliphatic carboxylic acids is 1. The first-order valence-electron chi connectivity index (χ1n) is 6.78. The minimum absolute atomic E-state index is 0.144. The van der Waals surface area contributed by atoms with Crippen LogP contribution in [0.2, 0.25) is 0 Å². The van der Waals surface area contributed by atoms with Crippen molar-refractivity contribution >= 4 is 27.6 Å². The summed E-state index contributed by atoms with van der Waals surface area (Å²) in [5, 5.41) is 8.70. The maximum Gasteiger partial charge on any atom is 0.303 e. The smallest absolute Gasteiger partial charge is 0.303 e. The van der Waals surface area contributed by atoms with Gasteiger partial charge in [-0.05, 0) is 60.7 Å². The van der Waals surface area contributed by atoms with Gasteiger partial charge in [-0.1, -0.05) is 11.6 Å². The molecule has 1 aromatic carbocycles. The van der Waals surface area contributed by atoms with Gasteiger partial charge >= 0.3 is 5.97 Å². The van der Waals surface area contributed by atoms with E-state index in [4.69, 9.17) is 15.6 Å². The highest BCUT2D eigenvalue weighted by molar-refractivity contribution is 9.10. The van der Waals surface area contributed by atoms with Crippen LogP contribution in [-0.2, 0) is 11.2 Å². The summed E-state index contributed by atoms with van der Waals surface area (Å²) < 4.78 is 6.39. The summed E-state index contributed by atoms with van der Waals surface area (Å²) in [6, 6.07) is 0. The zero-order valence-electron chi connectivity index (χ0n) is 12.9. The molecule has 0 spiro atoms. The fraction of sp³-hybridized carbons (Fsp3) is 0.438. The molecule has 0 unspecified atom stereocenters. The molecule has 0 aliphatic heterocycles. The number of carboxylic acid groups (broad SMARTS) is 1. The third-order valence-corrected chi connectivity index (χ3v) is 4.68. The Morgan fingerprint density at radius 2 is 1.95 bits per heavy atom. The van der Waals surface area contributed by atoms with Crippen LogP contribution in [0.1, 0.15) is 36.5 Å². The highest BCUT2D eigenvalue weighted by Gasteiger charge is 2.16. The lowest BCUT2D eigenvalue weighted by molar-refractivity contribution is -0.136. The molecule has 0 saturated carbocycles. The predicted molar refractivity (Wildman–Crippen MR) is 88.9 cm³/mol. The molecule has 4 nitrogen and oxygen atoms in total.